The number of phenolic OH excluding ortho intramolecular Hbond substituents is 1. The molecule has 8 heteroatoms. The van der Waals surface area contributed by atoms with E-state index in [0.29, 0.717) is 15.7 Å². The molecule has 118 valence electrons. The summed E-state index contributed by atoms with van der Waals surface area (Å²) in [6.45, 7) is 1.61. The van der Waals surface area contributed by atoms with Gasteiger partial charge in [0.2, 0.25) is 0 Å². The molecular formula is C14H15BrN2O5. The number of hydrogen-bond acceptors (Lipinski definition) is 5. The monoisotopic (exact) mass is 370 g/mol. The number of ether oxygens (including phenoxy) is 2. The van der Waals surface area contributed by atoms with Gasteiger partial charge < -0.3 is 25.2 Å². The van der Waals surface area contributed by atoms with Gasteiger partial charge in [0.05, 0.1) is 30.3 Å². The number of urea groups is 1. The van der Waals surface area contributed by atoms with Gasteiger partial charge in [0.25, 0.3) is 0 Å². The molecule has 0 saturated heterocycles. The number of rotatable bonds is 3. The summed E-state index contributed by atoms with van der Waals surface area (Å²) in [5.41, 5.74) is 1.16. The Morgan fingerprint density at radius 2 is 2.05 bits per heavy atom. The summed E-state index contributed by atoms with van der Waals surface area (Å²) in [7, 11) is 2.69. The highest BCUT2D eigenvalue weighted by molar-refractivity contribution is 9.10. The van der Waals surface area contributed by atoms with E-state index < -0.39 is 18.0 Å². The van der Waals surface area contributed by atoms with Gasteiger partial charge in [-0.15, -0.1) is 0 Å². The van der Waals surface area contributed by atoms with Crippen molar-refractivity contribution in [2.75, 3.05) is 14.2 Å². The van der Waals surface area contributed by atoms with Crippen molar-refractivity contribution in [3.63, 3.8) is 0 Å². The van der Waals surface area contributed by atoms with E-state index in [9.17, 15) is 14.7 Å². The minimum Gasteiger partial charge on any atom is -0.503 e. The van der Waals surface area contributed by atoms with Crippen LogP contribution >= 0.6 is 15.9 Å². The fourth-order valence-corrected chi connectivity index (χ4v) is 2.81. The van der Waals surface area contributed by atoms with Crippen LogP contribution in [0.1, 0.15) is 18.5 Å². The van der Waals surface area contributed by atoms with Gasteiger partial charge in [-0.1, -0.05) is 6.07 Å². The van der Waals surface area contributed by atoms with Crippen LogP contribution in [0, 0.1) is 0 Å². The van der Waals surface area contributed by atoms with E-state index in [2.05, 4.69) is 26.6 Å². The molecule has 0 aromatic heterocycles. The third-order valence-corrected chi connectivity index (χ3v) is 4.15. The molecule has 0 aliphatic carbocycles. The van der Waals surface area contributed by atoms with Crippen LogP contribution in [-0.4, -0.2) is 31.3 Å². The van der Waals surface area contributed by atoms with Crippen molar-refractivity contribution >= 4 is 27.9 Å². The van der Waals surface area contributed by atoms with Gasteiger partial charge in [-0.3, -0.25) is 0 Å². The molecule has 2 rings (SSSR count). The van der Waals surface area contributed by atoms with Gasteiger partial charge in [0.1, 0.15) is 0 Å². The number of aromatic hydroxyl groups is 1. The molecule has 0 radical (unpaired) electrons. The highest BCUT2D eigenvalue weighted by Gasteiger charge is 2.33. The van der Waals surface area contributed by atoms with Crippen LogP contribution in [0.3, 0.4) is 0 Å². The van der Waals surface area contributed by atoms with Gasteiger partial charge in [0, 0.05) is 5.70 Å². The number of allylic oxidation sites excluding steroid dienone is 1. The zero-order chi connectivity index (χ0) is 16.4. The Morgan fingerprint density at radius 1 is 1.36 bits per heavy atom. The normalized spacial score (nSPS) is 17.6. The maximum absolute atomic E-state index is 12.0. The second-order valence-corrected chi connectivity index (χ2v) is 5.37. The number of nitrogens with one attached hydrogen (secondary N) is 2. The number of hydrogen-bond donors (Lipinski definition) is 3. The summed E-state index contributed by atoms with van der Waals surface area (Å²) < 4.78 is 10.1. The minimum absolute atomic E-state index is 0.116. The second-order valence-electron chi connectivity index (χ2n) is 4.58. The average Bonchev–Trinajstić information content (AvgIpc) is 2.48. The smallest absolute Gasteiger partial charge is 0.337 e. The number of benzene rings is 1. The third kappa shape index (κ3) is 2.74. The Morgan fingerprint density at radius 3 is 2.64 bits per heavy atom. The van der Waals surface area contributed by atoms with E-state index >= 15 is 0 Å². The lowest BCUT2D eigenvalue weighted by Crippen LogP contribution is -2.45. The molecule has 1 atom stereocenters. The SMILES string of the molecule is COC(=O)C1=C(C)NC(=O)NC1c1ccc(OC)c(O)c1Br. The van der Waals surface area contributed by atoms with Crippen LogP contribution < -0.4 is 15.4 Å². The summed E-state index contributed by atoms with van der Waals surface area (Å²) >= 11 is 3.27. The molecule has 0 spiro atoms. The van der Waals surface area contributed by atoms with Crippen LogP contribution in [0.5, 0.6) is 11.5 Å². The number of esters is 1. The molecule has 0 bridgehead atoms. The molecule has 1 aromatic rings. The van der Waals surface area contributed by atoms with E-state index in [-0.39, 0.29) is 17.1 Å². The summed E-state index contributed by atoms with van der Waals surface area (Å²) in [6.07, 6.45) is 0. The summed E-state index contributed by atoms with van der Waals surface area (Å²) in [5.74, 6) is -0.414. The number of amides is 2. The third-order valence-electron chi connectivity index (χ3n) is 3.31. The Bertz CT molecular complexity index is 671. The van der Waals surface area contributed by atoms with Crippen molar-refractivity contribution in [3.8, 4) is 11.5 Å². The topological polar surface area (TPSA) is 96.9 Å². The highest BCUT2D eigenvalue weighted by Crippen LogP contribution is 2.41. The van der Waals surface area contributed by atoms with Crippen LogP contribution in [0.4, 0.5) is 4.79 Å². The lowest BCUT2D eigenvalue weighted by atomic mass is 9.95. The van der Waals surface area contributed by atoms with E-state index in [1.165, 1.54) is 14.2 Å². The number of carbonyl (C=O) groups is 2. The summed E-state index contributed by atoms with van der Waals surface area (Å²) in [6, 6.07) is 1.99. The van der Waals surface area contributed by atoms with Crippen molar-refractivity contribution < 1.29 is 24.2 Å². The fourth-order valence-electron chi connectivity index (χ4n) is 2.26. The Hall–Kier alpha value is -2.22. The quantitative estimate of drug-likeness (QED) is 0.706. The lowest BCUT2D eigenvalue weighted by molar-refractivity contribution is -0.136. The van der Waals surface area contributed by atoms with Crippen LogP contribution in [0.15, 0.2) is 27.9 Å². The molecule has 1 unspecified atom stereocenters. The lowest BCUT2D eigenvalue weighted by Gasteiger charge is -2.28. The standard InChI is InChI=1S/C14H15BrN2O5/c1-6-9(13(19)22-3)11(17-14(20)16-6)7-4-5-8(21-2)12(18)10(7)15/h4-5,11,18H,1-3H3,(H2,16,17,20). The van der Waals surface area contributed by atoms with Gasteiger partial charge in [-0.2, -0.15) is 0 Å². The Kier molecular flexibility index (Phi) is 4.60. The molecule has 1 aliphatic rings. The number of carbonyl (C=O) groups excluding carboxylic acids is 2. The first kappa shape index (κ1) is 16.2. The summed E-state index contributed by atoms with van der Waals surface area (Å²) in [4.78, 5) is 23.7. The van der Waals surface area contributed by atoms with Crippen molar-refractivity contribution in [2.45, 2.75) is 13.0 Å². The van der Waals surface area contributed by atoms with Gasteiger partial charge >= 0.3 is 12.0 Å². The molecule has 2 amide bonds. The maximum atomic E-state index is 12.0. The molecule has 1 heterocycles. The van der Waals surface area contributed by atoms with Gasteiger partial charge in [-0.25, -0.2) is 9.59 Å². The van der Waals surface area contributed by atoms with Gasteiger partial charge in [0.15, 0.2) is 11.5 Å². The highest BCUT2D eigenvalue weighted by atomic mass is 79.9. The Balaban J connectivity index is 2.58. The first-order valence-electron chi connectivity index (χ1n) is 6.32. The molecule has 1 aromatic carbocycles. The minimum atomic E-state index is -0.757. The van der Waals surface area contributed by atoms with Gasteiger partial charge in [-0.05, 0) is 34.5 Å². The van der Waals surface area contributed by atoms with Crippen molar-refractivity contribution in [1.82, 2.24) is 10.6 Å². The van der Waals surface area contributed by atoms with Crippen LogP contribution in [-0.2, 0) is 9.53 Å². The second kappa shape index (κ2) is 6.27. The van der Waals surface area contributed by atoms with E-state index in [4.69, 9.17) is 9.47 Å². The molecule has 22 heavy (non-hydrogen) atoms. The van der Waals surface area contributed by atoms with Crippen molar-refractivity contribution in [2.24, 2.45) is 0 Å². The number of phenols is 1. The summed E-state index contributed by atoms with van der Waals surface area (Å²) in [5, 5.41) is 15.3. The average molecular weight is 371 g/mol. The molecule has 0 saturated carbocycles. The largest absolute Gasteiger partial charge is 0.503 e. The maximum Gasteiger partial charge on any atom is 0.337 e. The Labute approximate surface area is 135 Å². The molecule has 7 nitrogen and oxygen atoms in total. The first-order chi connectivity index (χ1) is 10.4. The fraction of sp³-hybridized carbons (Fsp3) is 0.286. The van der Waals surface area contributed by atoms with E-state index in [1.807, 2.05) is 0 Å². The molecular weight excluding hydrogens is 356 g/mol. The van der Waals surface area contributed by atoms with Crippen LogP contribution in [0.2, 0.25) is 0 Å². The first-order valence-corrected chi connectivity index (χ1v) is 7.12. The molecule has 0 fully saturated rings. The predicted octanol–water partition coefficient (Wildman–Crippen LogP) is 1.96. The van der Waals surface area contributed by atoms with E-state index in [0.717, 1.165) is 0 Å². The number of methoxy groups -OCH3 is 2. The van der Waals surface area contributed by atoms with Crippen molar-refractivity contribution in [1.29, 1.82) is 0 Å². The molecule has 3 N–H and O–H groups in total. The number of halogens is 1. The molecule has 1 aliphatic heterocycles. The van der Waals surface area contributed by atoms with Crippen LogP contribution in [0.25, 0.3) is 0 Å². The van der Waals surface area contributed by atoms with E-state index in [1.54, 1.807) is 19.1 Å². The van der Waals surface area contributed by atoms with Crippen molar-refractivity contribution in [3.05, 3.63) is 33.4 Å². The zero-order valence-corrected chi connectivity index (χ0v) is 13.8. The predicted molar refractivity (Wildman–Crippen MR) is 81.5 cm³/mol. The zero-order valence-electron chi connectivity index (χ0n) is 12.2.